The Morgan fingerprint density at radius 3 is 2.28 bits per heavy atom. The molecule has 1 aliphatic rings. The third-order valence-electron chi connectivity index (χ3n) is 2.85. The minimum Gasteiger partial charge on any atom is -0.759 e. The van der Waals surface area contributed by atoms with Crippen LogP contribution in [0.4, 0.5) is 5.69 Å². The van der Waals surface area contributed by atoms with E-state index in [-0.39, 0.29) is 54.6 Å². The quantitative estimate of drug-likeness (QED) is 0.289. The van der Waals surface area contributed by atoms with Crippen molar-refractivity contribution in [1.82, 2.24) is 4.98 Å². The van der Waals surface area contributed by atoms with Crippen LogP contribution in [-0.4, -0.2) is 77.1 Å². The van der Waals surface area contributed by atoms with Gasteiger partial charge in [0, 0.05) is 32.1 Å². The number of carbonyl (C=O) groups is 1. The molecule has 1 aliphatic heterocycles. The summed E-state index contributed by atoms with van der Waals surface area (Å²) >= 11 is 1.60. The summed E-state index contributed by atoms with van der Waals surface area (Å²) < 4.78 is 35.2. The zero-order valence-corrected chi connectivity index (χ0v) is 16.1. The fourth-order valence-corrected chi connectivity index (χ4v) is 3.13. The topological polar surface area (TPSA) is 198 Å². The van der Waals surface area contributed by atoms with Gasteiger partial charge in [0.2, 0.25) is 0 Å². The van der Waals surface area contributed by atoms with Crippen LogP contribution >= 0.6 is 11.3 Å². The number of benzene rings is 1. The van der Waals surface area contributed by atoms with Crippen molar-refractivity contribution in [2.75, 3.05) is 0 Å². The van der Waals surface area contributed by atoms with Gasteiger partial charge in [-0.2, -0.15) is 0 Å². The van der Waals surface area contributed by atoms with E-state index in [9.17, 15) is 4.79 Å². The Balaban J connectivity index is 0.000000648. The maximum absolute atomic E-state index is 11.5. The third kappa shape index (κ3) is 5.20. The van der Waals surface area contributed by atoms with Crippen LogP contribution in [0.2, 0.25) is 0 Å². The van der Waals surface area contributed by atoms with Gasteiger partial charge < -0.3 is 20.1 Å². The summed E-state index contributed by atoms with van der Waals surface area (Å²) in [6.07, 6.45) is 1.56. The Bertz CT molecular complexity index is 1040. The second kappa shape index (κ2) is 9.02. The molecule has 1 aromatic carbocycles. The fraction of sp³-hybridized carbons (Fsp3) is 0. The molecule has 2 aromatic heterocycles. The van der Waals surface area contributed by atoms with E-state index in [4.69, 9.17) is 17.5 Å². The van der Waals surface area contributed by atoms with Crippen LogP contribution < -0.4 is 0 Å². The van der Waals surface area contributed by atoms with Gasteiger partial charge in [-0.05, 0) is 6.07 Å². The van der Waals surface area contributed by atoms with E-state index in [1.165, 1.54) is 0 Å². The van der Waals surface area contributed by atoms with Crippen LogP contribution in [0.1, 0.15) is 10.4 Å². The van der Waals surface area contributed by atoms with Gasteiger partial charge in [-0.15, -0.1) is 21.6 Å². The smallest absolute Gasteiger partial charge is 0.759 e. The minimum absolute atomic E-state index is 0. The van der Waals surface area contributed by atoms with Crippen LogP contribution in [-0.2, 0) is 10.4 Å². The first kappa shape index (κ1) is 23.9. The molecule has 0 atom stereocenters. The van der Waals surface area contributed by atoms with E-state index in [2.05, 4.69) is 15.2 Å². The molecule has 0 spiro atoms. The second-order valence-corrected chi connectivity index (χ2v) is 6.06. The number of amides is 1. The number of fused-ring (bicyclic) bond motifs is 5. The van der Waals surface area contributed by atoms with Crippen LogP contribution in [0.5, 0.6) is 0 Å². The monoisotopic (exact) mass is 411 g/mol. The van der Waals surface area contributed by atoms with Crippen LogP contribution in [0.15, 0.2) is 40.7 Å². The Kier molecular flexibility index (Phi) is 8.63. The van der Waals surface area contributed by atoms with E-state index >= 15 is 0 Å². The predicted octanol–water partition coefficient (Wildman–Crippen LogP) is 0.319. The van der Waals surface area contributed by atoms with E-state index in [0.29, 0.717) is 11.3 Å². The molecule has 10 nitrogen and oxygen atoms in total. The Morgan fingerprint density at radius 2 is 1.64 bits per heavy atom. The average Bonchev–Trinajstić information content (AvgIpc) is 2.97. The summed E-state index contributed by atoms with van der Waals surface area (Å²) in [5.41, 5.74) is 1.17. The molecule has 13 heteroatoms. The van der Waals surface area contributed by atoms with Crippen molar-refractivity contribution in [1.29, 1.82) is 0 Å². The van der Waals surface area contributed by atoms with Crippen molar-refractivity contribution in [3.05, 3.63) is 36.0 Å². The molecule has 1 amide bonds. The Hall–Kier alpha value is -1.09. The van der Waals surface area contributed by atoms with Gasteiger partial charge in [0.1, 0.15) is 10.5 Å². The van der Waals surface area contributed by atoms with Crippen molar-refractivity contribution < 1.29 is 33.3 Å². The maximum Gasteiger partial charge on any atom is 2.00 e. The van der Waals surface area contributed by atoms with Gasteiger partial charge in [0.05, 0.1) is 5.56 Å². The number of aromatic nitrogens is 1. The third-order valence-corrected chi connectivity index (χ3v) is 3.93. The molecule has 0 bridgehead atoms. The zero-order valence-electron chi connectivity index (χ0n) is 12.3. The van der Waals surface area contributed by atoms with Gasteiger partial charge >= 0.3 is 37.7 Å². The molecule has 25 heavy (non-hydrogen) atoms. The standard InChI is InChI=1S/C12H5N3OS.Ca.H2O4S.2H2O/c16-11-7-5-13-12-9(10(7)14-15-11)6-3-1-2-4-8(6)17-12;;1-5(2,3)4;;/h1-5H;;(H2,1,2,3,4);2*1H2/q;+2;;;/p-2. The summed E-state index contributed by atoms with van der Waals surface area (Å²) in [5, 5.41) is 9.59. The van der Waals surface area contributed by atoms with Gasteiger partial charge in [-0.25, -0.2) is 4.98 Å². The maximum atomic E-state index is 11.5. The largest absolute Gasteiger partial charge is 2.00 e. The molecule has 3 heterocycles. The molecule has 3 aromatic rings. The van der Waals surface area contributed by atoms with E-state index in [1.807, 2.05) is 24.3 Å². The van der Waals surface area contributed by atoms with Crippen molar-refractivity contribution in [2.45, 2.75) is 0 Å². The number of rotatable bonds is 0. The molecular weight excluding hydrogens is 402 g/mol. The van der Waals surface area contributed by atoms with Crippen molar-refractivity contribution >= 4 is 91.4 Å². The van der Waals surface area contributed by atoms with Crippen LogP contribution in [0.25, 0.3) is 20.3 Å². The summed E-state index contributed by atoms with van der Waals surface area (Å²) in [6.45, 7) is 0. The Labute approximate surface area is 174 Å². The number of hydrogen-bond donors (Lipinski definition) is 0. The van der Waals surface area contributed by atoms with Gasteiger partial charge in [0.25, 0.3) is 5.91 Å². The number of azo groups is 1. The summed E-state index contributed by atoms with van der Waals surface area (Å²) in [7, 11) is -5.17. The van der Waals surface area contributed by atoms with Crippen molar-refractivity contribution in [3.8, 4) is 0 Å². The van der Waals surface area contributed by atoms with Gasteiger partial charge in [0.15, 0.2) is 0 Å². The first-order valence-corrected chi connectivity index (χ1v) is 7.92. The number of pyridine rings is 1. The van der Waals surface area contributed by atoms with Gasteiger partial charge in [-0.3, -0.25) is 13.2 Å². The van der Waals surface area contributed by atoms with Crippen LogP contribution in [0, 0.1) is 0 Å². The van der Waals surface area contributed by atoms with Crippen molar-refractivity contribution in [3.63, 3.8) is 0 Å². The van der Waals surface area contributed by atoms with Crippen molar-refractivity contribution in [2.24, 2.45) is 10.2 Å². The molecule has 0 unspecified atom stereocenters. The molecule has 0 radical (unpaired) electrons. The fourth-order valence-electron chi connectivity index (χ4n) is 2.08. The second-order valence-electron chi connectivity index (χ2n) is 4.21. The summed E-state index contributed by atoms with van der Waals surface area (Å²) in [6, 6.07) is 8.03. The molecular formula is C12H9CaN3O7S2. The van der Waals surface area contributed by atoms with Gasteiger partial charge in [-0.1, -0.05) is 18.2 Å². The van der Waals surface area contributed by atoms with Crippen LogP contribution in [0.3, 0.4) is 0 Å². The molecule has 128 valence electrons. The molecule has 0 fully saturated rings. The molecule has 0 aliphatic carbocycles. The molecule has 4 rings (SSSR count). The van der Waals surface area contributed by atoms with E-state index in [1.54, 1.807) is 17.5 Å². The zero-order chi connectivity index (χ0) is 15.9. The predicted molar refractivity (Wildman–Crippen MR) is 89.4 cm³/mol. The first-order chi connectivity index (χ1) is 10.3. The Morgan fingerprint density at radius 1 is 1.04 bits per heavy atom. The number of hydrogen-bond acceptors (Lipinski definition) is 8. The number of thiophene rings is 1. The summed E-state index contributed by atoms with van der Waals surface area (Å²) in [5.74, 6) is -0.301. The molecule has 0 saturated heterocycles. The summed E-state index contributed by atoms with van der Waals surface area (Å²) in [4.78, 5) is 16.7. The molecule has 0 saturated carbocycles. The number of nitrogens with zero attached hydrogens (tertiary/aromatic N) is 3. The average molecular weight is 411 g/mol. The SMILES string of the molecule is O.O.O=C1N=Nc2c1cnc1sc3ccccc3c21.O=S(=O)([O-])[O-].[Ca+2]. The number of carbonyl (C=O) groups excluding carboxylic acids is 1. The minimum atomic E-state index is -5.17. The first-order valence-electron chi connectivity index (χ1n) is 5.77. The van der Waals surface area contributed by atoms with E-state index in [0.717, 1.165) is 20.3 Å². The molecule has 4 N–H and O–H groups in total. The normalized spacial score (nSPS) is 11.7. The van der Waals surface area contributed by atoms with E-state index < -0.39 is 10.4 Å².